The van der Waals surface area contributed by atoms with Crippen LogP contribution in [0.15, 0.2) is 34.8 Å². The zero-order chi connectivity index (χ0) is 14.7. The van der Waals surface area contributed by atoms with Gasteiger partial charge >= 0.3 is 0 Å². The lowest BCUT2D eigenvalue weighted by Gasteiger charge is -2.31. The van der Waals surface area contributed by atoms with Crippen molar-refractivity contribution in [3.8, 4) is 0 Å². The van der Waals surface area contributed by atoms with Crippen molar-refractivity contribution in [1.82, 2.24) is 4.90 Å². The molecule has 1 aliphatic heterocycles. The van der Waals surface area contributed by atoms with Crippen molar-refractivity contribution in [3.63, 3.8) is 0 Å². The predicted molar refractivity (Wildman–Crippen MR) is 84.3 cm³/mol. The summed E-state index contributed by atoms with van der Waals surface area (Å²) >= 11 is 0. The van der Waals surface area contributed by atoms with Crippen LogP contribution in [-0.4, -0.2) is 29.1 Å². The van der Waals surface area contributed by atoms with Gasteiger partial charge in [0.25, 0.3) is 5.91 Å². The number of rotatable bonds is 3. The van der Waals surface area contributed by atoms with Crippen LogP contribution in [0.1, 0.15) is 39.7 Å². The number of hydrogen-bond donors (Lipinski definition) is 0. The van der Waals surface area contributed by atoms with Gasteiger partial charge in [0.1, 0.15) is 0 Å². The minimum absolute atomic E-state index is 0.109. The van der Waals surface area contributed by atoms with Gasteiger partial charge in [-0.3, -0.25) is 9.79 Å². The summed E-state index contributed by atoms with van der Waals surface area (Å²) in [6, 6.07) is 8.29. The van der Waals surface area contributed by atoms with E-state index < -0.39 is 0 Å². The Morgan fingerprint density at radius 2 is 1.80 bits per heavy atom. The largest absolute Gasteiger partial charge is 0.334 e. The van der Waals surface area contributed by atoms with Gasteiger partial charge in [-0.15, -0.1) is 0 Å². The number of aliphatic imine (C=N–C) groups is 1. The highest BCUT2D eigenvalue weighted by Gasteiger charge is 2.23. The molecule has 1 aromatic rings. The summed E-state index contributed by atoms with van der Waals surface area (Å²) in [5.41, 5.74) is 2.74. The second kappa shape index (κ2) is 6.04. The number of hydrogen-bond acceptors (Lipinski definition) is 2. The average Bonchev–Trinajstić information content (AvgIpc) is 2.59. The fourth-order valence-corrected chi connectivity index (χ4v) is 2.60. The van der Waals surface area contributed by atoms with E-state index in [1.165, 1.54) is 0 Å². The summed E-state index contributed by atoms with van der Waals surface area (Å²) in [5.74, 6) is 0.109. The normalized spacial score (nSPS) is 14.0. The van der Waals surface area contributed by atoms with E-state index in [4.69, 9.17) is 0 Å². The Balaban J connectivity index is 2.36. The number of carbonyl (C=O) groups excluding carboxylic acids is 1. The Hall–Kier alpha value is -1.90. The van der Waals surface area contributed by atoms with Gasteiger partial charge in [0.2, 0.25) is 0 Å². The van der Waals surface area contributed by atoms with Crippen molar-refractivity contribution in [2.45, 2.75) is 46.2 Å². The molecule has 1 amide bonds. The van der Waals surface area contributed by atoms with Crippen LogP contribution in [-0.2, 0) is 4.79 Å². The first kappa shape index (κ1) is 14.5. The minimum atomic E-state index is 0.109. The van der Waals surface area contributed by atoms with Gasteiger partial charge in [-0.2, -0.15) is 0 Å². The zero-order valence-corrected chi connectivity index (χ0v) is 12.6. The number of fused-ring (bicyclic) bond motifs is 1. The summed E-state index contributed by atoms with van der Waals surface area (Å²) in [6.45, 7) is 8.21. The second-order valence-corrected chi connectivity index (χ2v) is 5.64. The van der Waals surface area contributed by atoms with Crippen LogP contribution in [0.4, 0.5) is 5.69 Å². The Morgan fingerprint density at radius 1 is 1.15 bits per heavy atom. The van der Waals surface area contributed by atoms with E-state index in [9.17, 15) is 4.79 Å². The molecule has 0 radical (unpaired) electrons. The number of benzene rings is 1. The molecule has 0 atom stereocenters. The second-order valence-electron chi connectivity index (χ2n) is 5.64. The van der Waals surface area contributed by atoms with Crippen molar-refractivity contribution in [3.05, 3.63) is 35.4 Å². The molecule has 0 aliphatic carbocycles. The zero-order valence-electron chi connectivity index (χ0n) is 12.6. The topological polar surface area (TPSA) is 32.7 Å². The van der Waals surface area contributed by atoms with Crippen molar-refractivity contribution < 1.29 is 4.79 Å². The van der Waals surface area contributed by atoms with Crippen LogP contribution in [0.2, 0.25) is 0 Å². The fraction of sp³-hybridized carbons (Fsp3) is 0.412. The van der Waals surface area contributed by atoms with Gasteiger partial charge < -0.3 is 4.90 Å². The lowest BCUT2D eigenvalue weighted by Crippen LogP contribution is -2.42. The van der Waals surface area contributed by atoms with Crippen LogP contribution in [0, 0.1) is 0 Å². The van der Waals surface area contributed by atoms with E-state index in [0.29, 0.717) is 6.42 Å². The molecule has 0 aromatic heterocycles. The molecule has 0 saturated carbocycles. The monoisotopic (exact) mass is 270 g/mol. The third-order valence-corrected chi connectivity index (χ3v) is 3.43. The Kier molecular flexibility index (Phi) is 4.38. The first-order chi connectivity index (χ1) is 9.50. The first-order valence-corrected chi connectivity index (χ1v) is 7.15. The van der Waals surface area contributed by atoms with Gasteiger partial charge in [0.15, 0.2) is 0 Å². The van der Waals surface area contributed by atoms with Crippen LogP contribution in [0.3, 0.4) is 0 Å². The maximum atomic E-state index is 12.7. The van der Waals surface area contributed by atoms with Crippen LogP contribution in [0.25, 0.3) is 6.08 Å². The lowest BCUT2D eigenvalue weighted by molar-refractivity contribution is -0.130. The highest BCUT2D eigenvalue weighted by Crippen LogP contribution is 2.26. The summed E-state index contributed by atoms with van der Waals surface area (Å²) in [4.78, 5) is 19.1. The number of para-hydroxylation sites is 1. The molecule has 0 saturated heterocycles. The van der Waals surface area contributed by atoms with E-state index in [0.717, 1.165) is 16.8 Å². The third-order valence-electron chi connectivity index (χ3n) is 3.43. The molecule has 3 heteroatoms. The van der Waals surface area contributed by atoms with Gasteiger partial charge in [-0.05, 0) is 39.8 Å². The lowest BCUT2D eigenvalue weighted by atomic mass is 10.1. The van der Waals surface area contributed by atoms with Crippen molar-refractivity contribution in [2.75, 3.05) is 0 Å². The summed E-state index contributed by atoms with van der Waals surface area (Å²) in [5, 5.41) is 0. The highest BCUT2D eigenvalue weighted by atomic mass is 16.2. The quantitative estimate of drug-likeness (QED) is 0.821. The Morgan fingerprint density at radius 3 is 2.45 bits per heavy atom. The molecule has 0 unspecified atom stereocenters. The summed E-state index contributed by atoms with van der Waals surface area (Å²) < 4.78 is 0. The van der Waals surface area contributed by atoms with E-state index >= 15 is 0 Å². The molecular weight excluding hydrogens is 248 g/mol. The molecule has 3 nitrogen and oxygen atoms in total. The number of amides is 1. The first-order valence-electron chi connectivity index (χ1n) is 7.15. The predicted octanol–water partition coefficient (Wildman–Crippen LogP) is 3.82. The smallest absolute Gasteiger partial charge is 0.250 e. The molecule has 2 rings (SSSR count). The van der Waals surface area contributed by atoms with Crippen molar-refractivity contribution >= 4 is 23.9 Å². The van der Waals surface area contributed by atoms with E-state index in [1.54, 1.807) is 0 Å². The number of nitrogens with zero attached hydrogens (tertiary/aromatic N) is 2. The standard InChI is InChI=1S/C17H22N2O/c1-12(2)19(13(3)4)17(20)15-9-10-18-16-8-6-5-7-14(16)11-15/h5-8,10-13H,9H2,1-4H3. The molecule has 1 aliphatic rings. The third kappa shape index (κ3) is 2.98. The molecule has 0 fully saturated rings. The Labute approximate surface area is 121 Å². The molecule has 0 spiro atoms. The van der Waals surface area contributed by atoms with Gasteiger partial charge in [-0.1, -0.05) is 18.2 Å². The van der Waals surface area contributed by atoms with E-state index in [-0.39, 0.29) is 18.0 Å². The summed E-state index contributed by atoms with van der Waals surface area (Å²) in [7, 11) is 0. The fourth-order valence-electron chi connectivity index (χ4n) is 2.60. The molecule has 1 heterocycles. The maximum Gasteiger partial charge on any atom is 0.250 e. The SMILES string of the molecule is CC(C)N(C(=O)C1=Cc2ccccc2N=CC1)C(C)C. The molecule has 20 heavy (non-hydrogen) atoms. The molecule has 106 valence electrons. The molecule has 0 N–H and O–H groups in total. The highest BCUT2D eigenvalue weighted by molar-refractivity contribution is 6.02. The molecular formula is C17H22N2O. The van der Waals surface area contributed by atoms with Crippen LogP contribution in [0.5, 0.6) is 0 Å². The van der Waals surface area contributed by atoms with Crippen molar-refractivity contribution in [1.29, 1.82) is 0 Å². The number of carbonyl (C=O) groups is 1. The van der Waals surface area contributed by atoms with E-state index in [1.807, 2.05) is 41.5 Å². The van der Waals surface area contributed by atoms with Gasteiger partial charge in [0, 0.05) is 35.9 Å². The van der Waals surface area contributed by atoms with Crippen LogP contribution >= 0.6 is 0 Å². The minimum Gasteiger partial charge on any atom is -0.334 e. The van der Waals surface area contributed by atoms with Crippen LogP contribution < -0.4 is 0 Å². The van der Waals surface area contributed by atoms with E-state index in [2.05, 4.69) is 32.7 Å². The summed E-state index contributed by atoms with van der Waals surface area (Å²) in [6.07, 6.45) is 4.39. The van der Waals surface area contributed by atoms with Crippen molar-refractivity contribution in [2.24, 2.45) is 4.99 Å². The molecule has 0 bridgehead atoms. The maximum absolute atomic E-state index is 12.7. The molecule has 1 aromatic carbocycles. The average molecular weight is 270 g/mol. The van der Waals surface area contributed by atoms with Gasteiger partial charge in [-0.25, -0.2) is 0 Å². The van der Waals surface area contributed by atoms with Gasteiger partial charge in [0.05, 0.1) is 5.69 Å². The Bertz CT molecular complexity index is 548.